The highest BCUT2D eigenvalue weighted by Gasteiger charge is 2.31. The van der Waals surface area contributed by atoms with Gasteiger partial charge < -0.3 is 37.1 Å². The topological polar surface area (TPSA) is 184 Å². The third-order valence-electron chi connectivity index (χ3n) is 7.70. The van der Waals surface area contributed by atoms with Crippen LogP contribution in [0.4, 0.5) is 0 Å². The van der Waals surface area contributed by atoms with Gasteiger partial charge in [-0.05, 0) is 38.5 Å². The number of likely N-dealkylation sites (N-methyl/N-ethyl adjacent to an activating group) is 1. The van der Waals surface area contributed by atoms with Crippen LogP contribution in [0.2, 0.25) is 0 Å². The molecule has 0 aliphatic rings. The number of rotatable bonds is 20. The van der Waals surface area contributed by atoms with Crippen LogP contribution in [0.15, 0.2) is 24.5 Å². The minimum absolute atomic E-state index is 0.0942. The monoisotopic (exact) mass is 633 g/mol. The summed E-state index contributed by atoms with van der Waals surface area (Å²) in [6, 6.07) is -0.565. The number of carbonyl (C=O) groups excluding carboxylic acids is 5. The van der Waals surface area contributed by atoms with Crippen molar-refractivity contribution in [2.75, 3.05) is 13.1 Å². The van der Waals surface area contributed by atoms with Gasteiger partial charge in [-0.25, -0.2) is 0 Å². The van der Waals surface area contributed by atoms with Crippen molar-refractivity contribution < 1.29 is 28.7 Å². The van der Waals surface area contributed by atoms with E-state index < -0.39 is 36.0 Å². The maximum Gasteiger partial charge on any atom is 0.252 e. The lowest BCUT2D eigenvalue weighted by atomic mass is 9.97. The summed E-state index contributed by atoms with van der Waals surface area (Å²) < 4.78 is 0.566. The van der Waals surface area contributed by atoms with Crippen molar-refractivity contribution in [1.29, 1.82) is 0 Å². The summed E-state index contributed by atoms with van der Waals surface area (Å²) in [6.45, 7) is 15.7. The fraction of sp³-hybridized carbons (Fsp3) is 0.688. The first-order valence-electron chi connectivity index (χ1n) is 16.2. The fourth-order valence-corrected chi connectivity index (χ4v) is 4.69. The van der Waals surface area contributed by atoms with Gasteiger partial charge in [0.05, 0.1) is 11.6 Å². The lowest BCUT2D eigenvalue weighted by molar-refractivity contribution is -0.605. The van der Waals surface area contributed by atoms with Crippen LogP contribution in [0.5, 0.6) is 0 Å². The molecule has 0 unspecified atom stereocenters. The van der Waals surface area contributed by atoms with Crippen molar-refractivity contribution in [2.45, 2.75) is 118 Å². The van der Waals surface area contributed by atoms with Gasteiger partial charge in [-0.15, -0.1) is 0 Å². The molecule has 0 fully saturated rings. The summed E-state index contributed by atoms with van der Waals surface area (Å²) in [5.41, 5.74) is 0.243. The van der Waals surface area contributed by atoms with Gasteiger partial charge in [-0.2, -0.15) is 4.73 Å². The van der Waals surface area contributed by atoms with E-state index in [1.807, 2.05) is 48.5 Å². The molecule has 6 N–H and O–H groups in total. The third-order valence-corrected chi connectivity index (χ3v) is 7.70. The zero-order valence-corrected chi connectivity index (χ0v) is 28.2. The predicted octanol–water partition coefficient (Wildman–Crippen LogP) is 1.29. The molecule has 6 atom stereocenters. The minimum Gasteiger partial charge on any atom is -0.619 e. The Bertz CT molecular complexity index is 1100. The van der Waals surface area contributed by atoms with Crippen molar-refractivity contribution >= 4 is 29.5 Å². The zero-order valence-electron chi connectivity index (χ0n) is 28.2. The van der Waals surface area contributed by atoms with Gasteiger partial charge in [-0.3, -0.25) is 24.0 Å². The molecule has 5 amide bonds. The standard InChI is InChI=1S/C32H55N7O6/c1-9-13-24(19-34-22(8)28(40)37-26(20(5)6)31(43)33-12-4)35-30(42)25(14-10-2)36-32(44)27(21(7)11-3)38-29(41)23-15-17-39(45)18-16-23/h15-18,20-22,24-27,34H,9-14,19H2,1-8H3,(H,33,43)(H,35,42)(H,36,44)(H,37,40)(H,38,41)/t21-,22-,24-,25-,26-,27-/m0/s1. The number of carbonyl (C=O) groups is 5. The smallest absolute Gasteiger partial charge is 0.252 e. The van der Waals surface area contributed by atoms with Crippen LogP contribution in [0, 0.1) is 17.0 Å². The van der Waals surface area contributed by atoms with Gasteiger partial charge in [0.15, 0.2) is 12.4 Å². The fourth-order valence-electron chi connectivity index (χ4n) is 4.69. The molecule has 0 saturated carbocycles. The van der Waals surface area contributed by atoms with Crippen molar-refractivity contribution in [2.24, 2.45) is 11.8 Å². The van der Waals surface area contributed by atoms with E-state index in [1.54, 1.807) is 6.92 Å². The second-order valence-electron chi connectivity index (χ2n) is 11.9. The lowest BCUT2D eigenvalue weighted by Crippen LogP contribution is -2.58. The summed E-state index contributed by atoms with van der Waals surface area (Å²) >= 11 is 0. The molecule has 1 aromatic rings. The zero-order chi connectivity index (χ0) is 34.1. The van der Waals surface area contributed by atoms with E-state index in [4.69, 9.17) is 0 Å². The SMILES string of the molecule is CCC[C@@H](CN[C@@H](C)C(=O)N[C@H](C(=O)NCC)C(C)C)NC(=O)[C@H](CCC)NC(=O)[C@@H](NC(=O)c1cc[n+]([O-])cc1)[C@@H](C)CC. The predicted molar refractivity (Wildman–Crippen MR) is 173 cm³/mol. The molecular formula is C32H55N7O6. The molecule has 1 heterocycles. The van der Waals surface area contributed by atoms with Crippen molar-refractivity contribution in [1.82, 2.24) is 31.9 Å². The first-order chi connectivity index (χ1) is 21.3. The molecular weight excluding hydrogens is 578 g/mol. The van der Waals surface area contributed by atoms with Crippen LogP contribution in [-0.4, -0.2) is 72.8 Å². The van der Waals surface area contributed by atoms with Crippen molar-refractivity contribution in [3.05, 3.63) is 35.3 Å². The van der Waals surface area contributed by atoms with E-state index in [1.165, 1.54) is 24.5 Å². The molecule has 1 rings (SSSR count). The third kappa shape index (κ3) is 13.4. The molecule has 0 aromatic carbocycles. The summed E-state index contributed by atoms with van der Waals surface area (Å²) in [5.74, 6) is -2.19. The molecule has 0 bridgehead atoms. The molecule has 0 aliphatic carbocycles. The molecule has 13 heteroatoms. The molecule has 0 aliphatic heterocycles. The molecule has 0 spiro atoms. The Kier molecular flexibility index (Phi) is 17.7. The van der Waals surface area contributed by atoms with Crippen LogP contribution in [0.25, 0.3) is 0 Å². The first-order valence-corrected chi connectivity index (χ1v) is 16.2. The van der Waals surface area contributed by atoms with Gasteiger partial charge in [0.25, 0.3) is 5.91 Å². The molecule has 0 radical (unpaired) electrons. The normalized spacial score (nSPS) is 15.1. The van der Waals surface area contributed by atoms with E-state index in [-0.39, 0.29) is 41.2 Å². The molecule has 45 heavy (non-hydrogen) atoms. The summed E-state index contributed by atoms with van der Waals surface area (Å²) in [5, 5.41) is 28.7. The van der Waals surface area contributed by atoms with Crippen LogP contribution in [0.1, 0.15) is 97.9 Å². The van der Waals surface area contributed by atoms with Crippen LogP contribution in [-0.2, 0) is 19.2 Å². The average Bonchev–Trinajstić information content (AvgIpc) is 3.00. The Hall–Kier alpha value is -3.74. The van der Waals surface area contributed by atoms with E-state index in [0.717, 1.165) is 6.42 Å². The quantitative estimate of drug-likeness (QED) is 0.0923. The number of pyridine rings is 1. The lowest BCUT2D eigenvalue weighted by Gasteiger charge is -2.28. The number of hydrogen-bond acceptors (Lipinski definition) is 7. The average molecular weight is 634 g/mol. The molecule has 13 nitrogen and oxygen atoms in total. The number of amides is 5. The Morgan fingerprint density at radius 3 is 1.91 bits per heavy atom. The maximum atomic E-state index is 13.4. The van der Waals surface area contributed by atoms with Crippen LogP contribution >= 0.6 is 0 Å². The van der Waals surface area contributed by atoms with E-state index >= 15 is 0 Å². The summed E-state index contributed by atoms with van der Waals surface area (Å²) in [4.78, 5) is 65.0. The summed E-state index contributed by atoms with van der Waals surface area (Å²) in [7, 11) is 0. The van der Waals surface area contributed by atoms with Crippen molar-refractivity contribution in [3.8, 4) is 0 Å². The molecule has 0 saturated heterocycles. The number of nitrogens with zero attached hydrogens (tertiary/aromatic N) is 1. The number of hydrogen-bond donors (Lipinski definition) is 6. The van der Waals surface area contributed by atoms with E-state index in [0.29, 0.717) is 43.5 Å². The number of nitrogens with one attached hydrogen (secondary N) is 6. The maximum absolute atomic E-state index is 13.4. The summed E-state index contributed by atoms with van der Waals surface area (Å²) in [6.07, 6.45) is 5.46. The van der Waals surface area contributed by atoms with E-state index in [9.17, 15) is 29.2 Å². The van der Waals surface area contributed by atoms with Crippen LogP contribution < -0.4 is 36.6 Å². The highest BCUT2D eigenvalue weighted by atomic mass is 16.5. The largest absolute Gasteiger partial charge is 0.619 e. The van der Waals surface area contributed by atoms with Gasteiger partial charge in [0, 0.05) is 31.3 Å². The Morgan fingerprint density at radius 2 is 1.38 bits per heavy atom. The Labute approximate surface area is 268 Å². The van der Waals surface area contributed by atoms with Gasteiger partial charge >= 0.3 is 0 Å². The second kappa shape index (κ2) is 20.3. The van der Waals surface area contributed by atoms with Gasteiger partial charge in [0.1, 0.15) is 18.1 Å². The van der Waals surface area contributed by atoms with Crippen LogP contribution in [0.3, 0.4) is 0 Å². The molecule has 1 aromatic heterocycles. The Morgan fingerprint density at radius 1 is 0.756 bits per heavy atom. The highest BCUT2D eigenvalue weighted by Crippen LogP contribution is 2.11. The van der Waals surface area contributed by atoms with Gasteiger partial charge in [-0.1, -0.05) is 60.8 Å². The molecule has 254 valence electrons. The van der Waals surface area contributed by atoms with Gasteiger partial charge in [0.2, 0.25) is 23.6 Å². The number of aromatic nitrogens is 1. The second-order valence-corrected chi connectivity index (χ2v) is 11.9. The first kappa shape index (κ1) is 39.3. The highest BCUT2D eigenvalue weighted by molar-refractivity contribution is 5.98. The van der Waals surface area contributed by atoms with E-state index in [2.05, 4.69) is 31.9 Å². The Balaban J connectivity index is 2.91. The minimum atomic E-state index is -0.893. The van der Waals surface area contributed by atoms with Crippen molar-refractivity contribution in [3.63, 3.8) is 0 Å².